The summed E-state index contributed by atoms with van der Waals surface area (Å²) in [5.41, 5.74) is 4.60. The number of hydrogen-bond donors (Lipinski definition) is 2. The number of nitrogens with two attached hydrogens (primary N) is 1. The van der Waals surface area contributed by atoms with Gasteiger partial charge in [-0.1, -0.05) is 6.07 Å². The van der Waals surface area contributed by atoms with Gasteiger partial charge in [0.2, 0.25) is 0 Å². The highest BCUT2D eigenvalue weighted by atomic mass is 32.1. The van der Waals surface area contributed by atoms with E-state index in [-0.39, 0.29) is 6.04 Å². The van der Waals surface area contributed by atoms with E-state index < -0.39 is 0 Å². The zero-order valence-electron chi connectivity index (χ0n) is 6.81. The van der Waals surface area contributed by atoms with Crippen LogP contribution in [0.15, 0.2) is 29.2 Å². The minimum Gasteiger partial charge on any atom is -0.271 e. The fraction of sp³-hybridized carbons (Fsp3) is 0.125. The summed E-state index contributed by atoms with van der Waals surface area (Å²) in [4.78, 5) is 6.39. The van der Waals surface area contributed by atoms with Gasteiger partial charge in [0.05, 0.1) is 11.6 Å². The molecule has 0 saturated heterocycles. The number of rotatable bonds is 3. The monoisotopic (exact) mass is 211 g/mol. The molecule has 0 saturated carbocycles. The summed E-state index contributed by atoms with van der Waals surface area (Å²) in [6.07, 6.45) is 1.84. The Labute approximate surface area is 84.2 Å². The molecule has 0 aromatic carbocycles. The number of thiophene rings is 1. The van der Waals surface area contributed by atoms with E-state index in [4.69, 9.17) is 5.84 Å². The molecule has 0 fully saturated rings. The molecular weight excluding hydrogens is 202 g/mol. The predicted octanol–water partition coefficient (Wildman–Crippen LogP) is 1.76. The van der Waals surface area contributed by atoms with Crippen molar-refractivity contribution in [1.82, 2.24) is 10.4 Å². The van der Waals surface area contributed by atoms with Crippen molar-refractivity contribution in [2.75, 3.05) is 0 Å². The van der Waals surface area contributed by atoms with Crippen molar-refractivity contribution in [2.45, 2.75) is 6.04 Å². The molecule has 1 atom stereocenters. The fourth-order valence-corrected chi connectivity index (χ4v) is 2.70. The molecule has 0 aliphatic heterocycles. The molecule has 1 unspecified atom stereocenters. The fourth-order valence-electron chi connectivity index (χ4n) is 1.13. The maximum Gasteiger partial charge on any atom is 0.0910 e. The molecule has 0 spiro atoms. The van der Waals surface area contributed by atoms with Gasteiger partial charge in [-0.2, -0.15) is 0 Å². The average molecular weight is 211 g/mol. The maximum absolute atomic E-state index is 5.49. The summed E-state index contributed by atoms with van der Waals surface area (Å²) < 4.78 is 0. The van der Waals surface area contributed by atoms with E-state index in [1.807, 2.05) is 23.2 Å². The Hall–Kier alpha value is -0.750. The average Bonchev–Trinajstić information content (AvgIpc) is 2.76. The molecule has 2 heterocycles. The normalized spacial score (nSPS) is 13.0. The molecule has 0 aliphatic rings. The van der Waals surface area contributed by atoms with Crippen LogP contribution in [0.2, 0.25) is 0 Å². The highest BCUT2D eigenvalue weighted by Crippen LogP contribution is 2.27. The zero-order chi connectivity index (χ0) is 9.10. The summed E-state index contributed by atoms with van der Waals surface area (Å²) in [7, 11) is 0. The Balaban J connectivity index is 2.29. The van der Waals surface area contributed by atoms with Crippen molar-refractivity contribution in [1.29, 1.82) is 0 Å². The SMILES string of the molecule is NNC(c1cccs1)c1cncs1. The number of thiazole rings is 1. The van der Waals surface area contributed by atoms with Crippen molar-refractivity contribution in [3.05, 3.63) is 39.0 Å². The number of nitrogens with one attached hydrogen (secondary N) is 1. The van der Waals surface area contributed by atoms with E-state index in [0.717, 1.165) is 4.88 Å². The van der Waals surface area contributed by atoms with Crippen molar-refractivity contribution >= 4 is 22.7 Å². The van der Waals surface area contributed by atoms with Gasteiger partial charge >= 0.3 is 0 Å². The molecule has 0 bridgehead atoms. The van der Waals surface area contributed by atoms with Crippen molar-refractivity contribution in [2.24, 2.45) is 5.84 Å². The van der Waals surface area contributed by atoms with Gasteiger partial charge in [-0.05, 0) is 11.4 Å². The lowest BCUT2D eigenvalue weighted by atomic mass is 10.2. The second kappa shape index (κ2) is 3.97. The van der Waals surface area contributed by atoms with E-state index in [2.05, 4.69) is 16.5 Å². The van der Waals surface area contributed by atoms with Crippen LogP contribution in [0.3, 0.4) is 0 Å². The first-order valence-corrected chi connectivity index (χ1v) is 5.55. The minimum atomic E-state index is 0.0903. The quantitative estimate of drug-likeness (QED) is 0.601. The molecule has 68 valence electrons. The molecule has 0 aliphatic carbocycles. The topological polar surface area (TPSA) is 50.9 Å². The molecule has 3 nitrogen and oxygen atoms in total. The highest BCUT2D eigenvalue weighted by Gasteiger charge is 2.14. The lowest BCUT2D eigenvalue weighted by Gasteiger charge is -2.10. The first-order valence-electron chi connectivity index (χ1n) is 3.79. The highest BCUT2D eigenvalue weighted by molar-refractivity contribution is 7.11. The smallest absolute Gasteiger partial charge is 0.0910 e. The van der Waals surface area contributed by atoms with Crippen LogP contribution in [0.4, 0.5) is 0 Å². The number of hydrazine groups is 1. The first-order chi connectivity index (χ1) is 6.42. The van der Waals surface area contributed by atoms with E-state index in [0.29, 0.717) is 0 Å². The van der Waals surface area contributed by atoms with Crippen molar-refractivity contribution in [3.63, 3.8) is 0 Å². The Kier molecular flexibility index (Phi) is 2.70. The van der Waals surface area contributed by atoms with Crippen LogP contribution in [0.25, 0.3) is 0 Å². The standard InChI is InChI=1S/C8H9N3S2/c9-11-8(6-2-1-3-12-6)7-4-10-5-13-7/h1-5,8,11H,9H2. The van der Waals surface area contributed by atoms with Gasteiger partial charge in [-0.25, -0.2) is 5.43 Å². The number of hydrogen-bond acceptors (Lipinski definition) is 5. The van der Waals surface area contributed by atoms with Gasteiger partial charge in [0.15, 0.2) is 0 Å². The van der Waals surface area contributed by atoms with Gasteiger partial charge in [0.25, 0.3) is 0 Å². The van der Waals surface area contributed by atoms with Crippen LogP contribution in [-0.4, -0.2) is 4.98 Å². The summed E-state index contributed by atoms with van der Waals surface area (Å²) >= 11 is 3.30. The van der Waals surface area contributed by atoms with Crippen molar-refractivity contribution < 1.29 is 0 Å². The number of nitrogens with zero attached hydrogens (tertiary/aromatic N) is 1. The Bertz CT molecular complexity index is 307. The molecule has 2 aromatic rings. The summed E-state index contributed by atoms with van der Waals surface area (Å²) in [6.45, 7) is 0. The van der Waals surface area contributed by atoms with Crippen LogP contribution < -0.4 is 11.3 Å². The molecule has 2 aromatic heterocycles. The molecule has 2 rings (SSSR count). The van der Waals surface area contributed by atoms with Crippen LogP contribution in [0.5, 0.6) is 0 Å². The zero-order valence-corrected chi connectivity index (χ0v) is 8.44. The van der Waals surface area contributed by atoms with Gasteiger partial charge in [-0.15, -0.1) is 22.7 Å². The Morgan fingerprint density at radius 1 is 1.38 bits per heavy atom. The maximum atomic E-state index is 5.49. The van der Waals surface area contributed by atoms with Crippen LogP contribution in [0, 0.1) is 0 Å². The van der Waals surface area contributed by atoms with E-state index >= 15 is 0 Å². The van der Waals surface area contributed by atoms with Gasteiger partial charge in [0.1, 0.15) is 0 Å². The van der Waals surface area contributed by atoms with Gasteiger partial charge in [-0.3, -0.25) is 10.8 Å². The Morgan fingerprint density at radius 3 is 2.85 bits per heavy atom. The lowest BCUT2D eigenvalue weighted by Crippen LogP contribution is -2.27. The van der Waals surface area contributed by atoms with Crippen molar-refractivity contribution in [3.8, 4) is 0 Å². The number of aromatic nitrogens is 1. The van der Waals surface area contributed by atoms with E-state index in [9.17, 15) is 0 Å². The van der Waals surface area contributed by atoms with Crippen LogP contribution >= 0.6 is 22.7 Å². The van der Waals surface area contributed by atoms with E-state index in [1.165, 1.54) is 4.88 Å². The van der Waals surface area contributed by atoms with Crippen LogP contribution in [0.1, 0.15) is 15.8 Å². The summed E-state index contributed by atoms with van der Waals surface area (Å²) in [6, 6.07) is 4.17. The third kappa shape index (κ3) is 1.78. The summed E-state index contributed by atoms with van der Waals surface area (Å²) in [5.74, 6) is 5.49. The van der Waals surface area contributed by atoms with Gasteiger partial charge in [0, 0.05) is 16.0 Å². The van der Waals surface area contributed by atoms with Gasteiger partial charge < -0.3 is 0 Å². The largest absolute Gasteiger partial charge is 0.271 e. The molecular formula is C8H9N3S2. The summed E-state index contributed by atoms with van der Waals surface area (Å²) in [5, 5.41) is 2.04. The molecule has 3 N–H and O–H groups in total. The third-order valence-electron chi connectivity index (χ3n) is 1.73. The predicted molar refractivity (Wildman–Crippen MR) is 55.6 cm³/mol. The second-order valence-corrected chi connectivity index (χ2v) is 4.42. The lowest BCUT2D eigenvalue weighted by molar-refractivity contribution is 0.655. The molecule has 5 heteroatoms. The molecule has 13 heavy (non-hydrogen) atoms. The first kappa shape index (κ1) is 8.83. The van der Waals surface area contributed by atoms with Crippen LogP contribution in [-0.2, 0) is 0 Å². The molecule has 0 radical (unpaired) electrons. The third-order valence-corrected chi connectivity index (χ3v) is 3.51. The van der Waals surface area contributed by atoms with E-state index in [1.54, 1.807) is 22.7 Å². The minimum absolute atomic E-state index is 0.0903. The second-order valence-electron chi connectivity index (χ2n) is 2.52. The Morgan fingerprint density at radius 2 is 2.31 bits per heavy atom. The molecule has 0 amide bonds.